The fourth-order valence-electron chi connectivity index (χ4n) is 1.52. The van der Waals surface area contributed by atoms with Crippen molar-refractivity contribution in [1.29, 1.82) is 0 Å². The number of aromatic nitrogens is 1. The maximum atomic E-state index is 10.9. The highest BCUT2D eigenvalue weighted by Crippen LogP contribution is 2.05. The van der Waals surface area contributed by atoms with Crippen LogP contribution in [0.25, 0.3) is 0 Å². The van der Waals surface area contributed by atoms with Crippen LogP contribution in [0.2, 0.25) is 0 Å². The average molecular weight is 273 g/mol. The van der Waals surface area contributed by atoms with E-state index in [9.17, 15) is 4.79 Å². The molecule has 1 heterocycles. The summed E-state index contributed by atoms with van der Waals surface area (Å²) in [5.74, 6) is 0.392. The summed E-state index contributed by atoms with van der Waals surface area (Å²) < 4.78 is 9.44. The van der Waals surface area contributed by atoms with Gasteiger partial charge in [-0.25, -0.2) is 9.78 Å². The van der Waals surface area contributed by atoms with Crippen LogP contribution in [0.1, 0.15) is 21.6 Å². The molecule has 0 aliphatic carbocycles. The predicted octanol–water partition coefficient (Wildman–Crippen LogP) is 3.18. The molecule has 4 heteroatoms. The highest BCUT2D eigenvalue weighted by Gasteiger charge is 2.02. The molecule has 0 radical (unpaired) electrons. The maximum absolute atomic E-state index is 10.9. The number of rotatable bonds is 2. The number of esters is 1. The Kier molecular flexibility index (Phi) is 6.23. The van der Waals surface area contributed by atoms with Gasteiger partial charge >= 0.3 is 5.97 Å². The molecule has 0 aliphatic rings. The van der Waals surface area contributed by atoms with Crippen molar-refractivity contribution < 1.29 is 14.3 Å². The summed E-state index contributed by atoms with van der Waals surface area (Å²) in [7, 11) is 2.99. The predicted molar refractivity (Wildman–Crippen MR) is 78.0 cm³/mol. The van der Waals surface area contributed by atoms with Crippen LogP contribution in [0.3, 0.4) is 0 Å². The molecule has 0 spiro atoms. The van der Waals surface area contributed by atoms with Crippen LogP contribution >= 0.6 is 0 Å². The van der Waals surface area contributed by atoms with E-state index in [4.69, 9.17) is 4.74 Å². The van der Waals surface area contributed by atoms with Crippen LogP contribution in [0.5, 0.6) is 5.88 Å². The van der Waals surface area contributed by atoms with Crippen molar-refractivity contribution in [2.24, 2.45) is 0 Å². The van der Waals surface area contributed by atoms with Crippen LogP contribution in [-0.2, 0) is 4.74 Å². The largest absolute Gasteiger partial charge is 0.481 e. The van der Waals surface area contributed by atoms with Gasteiger partial charge in [0.15, 0.2) is 0 Å². The third kappa shape index (κ3) is 5.10. The van der Waals surface area contributed by atoms with Crippen molar-refractivity contribution in [3.63, 3.8) is 0 Å². The fourth-order valence-corrected chi connectivity index (χ4v) is 1.52. The van der Waals surface area contributed by atoms with Gasteiger partial charge in [0.25, 0.3) is 0 Å². The highest BCUT2D eigenvalue weighted by molar-refractivity contribution is 5.89. The zero-order valence-corrected chi connectivity index (χ0v) is 12.2. The van der Waals surface area contributed by atoms with Crippen molar-refractivity contribution in [1.82, 2.24) is 4.98 Å². The zero-order chi connectivity index (χ0) is 15.0. The van der Waals surface area contributed by atoms with Crippen LogP contribution < -0.4 is 4.74 Å². The van der Waals surface area contributed by atoms with Gasteiger partial charge in [0, 0.05) is 11.8 Å². The Morgan fingerprint density at radius 3 is 2.25 bits per heavy atom. The molecule has 0 aliphatic heterocycles. The quantitative estimate of drug-likeness (QED) is 0.788. The first-order valence-corrected chi connectivity index (χ1v) is 6.19. The van der Waals surface area contributed by atoms with Gasteiger partial charge in [-0.2, -0.15) is 0 Å². The number of aryl methyl sites for hydroxylation is 2. The molecule has 0 bridgehead atoms. The smallest absolute Gasteiger partial charge is 0.337 e. The topological polar surface area (TPSA) is 48.4 Å². The number of hydrogen-bond donors (Lipinski definition) is 0. The molecule has 0 saturated heterocycles. The monoisotopic (exact) mass is 273 g/mol. The first kappa shape index (κ1) is 15.7. The molecule has 0 unspecified atom stereocenters. The zero-order valence-electron chi connectivity index (χ0n) is 12.2. The molecule has 4 nitrogen and oxygen atoms in total. The van der Waals surface area contributed by atoms with E-state index in [2.05, 4.69) is 9.72 Å². The summed E-state index contributed by atoms with van der Waals surface area (Å²) in [6, 6.07) is 13.0. The Morgan fingerprint density at radius 2 is 1.75 bits per heavy atom. The number of ether oxygens (including phenoxy) is 2. The third-order valence-corrected chi connectivity index (χ3v) is 2.51. The molecule has 0 saturated carbocycles. The maximum Gasteiger partial charge on any atom is 0.337 e. The summed E-state index contributed by atoms with van der Waals surface area (Å²) in [6.07, 6.45) is 0. The van der Waals surface area contributed by atoms with Gasteiger partial charge in [-0.15, -0.1) is 0 Å². The van der Waals surface area contributed by atoms with E-state index in [1.54, 1.807) is 19.2 Å². The summed E-state index contributed by atoms with van der Waals surface area (Å²) in [4.78, 5) is 15.0. The number of carbonyl (C=O) groups is 1. The SMILES string of the molecule is COC(=O)c1cccc(C)c1.COc1cccc(C)n1. The molecule has 0 N–H and O–H groups in total. The lowest BCUT2D eigenvalue weighted by Gasteiger charge is -1.98. The highest BCUT2D eigenvalue weighted by atomic mass is 16.5. The second-order valence-electron chi connectivity index (χ2n) is 4.18. The molecule has 2 rings (SSSR count). The van der Waals surface area contributed by atoms with E-state index in [1.165, 1.54) is 7.11 Å². The van der Waals surface area contributed by atoms with Crippen LogP contribution in [0.15, 0.2) is 42.5 Å². The lowest BCUT2D eigenvalue weighted by Crippen LogP contribution is -2.00. The van der Waals surface area contributed by atoms with Gasteiger partial charge in [0.05, 0.1) is 19.8 Å². The molecule has 0 atom stereocenters. The van der Waals surface area contributed by atoms with E-state index in [1.807, 2.05) is 44.2 Å². The molecule has 0 amide bonds. The molecule has 2 aromatic rings. The molecule has 1 aromatic carbocycles. The fraction of sp³-hybridized carbons (Fsp3) is 0.250. The number of hydrogen-bond acceptors (Lipinski definition) is 4. The van der Waals surface area contributed by atoms with Gasteiger partial charge in [-0.1, -0.05) is 23.8 Å². The summed E-state index contributed by atoms with van der Waals surface area (Å²) in [5, 5.41) is 0. The summed E-state index contributed by atoms with van der Waals surface area (Å²) in [6.45, 7) is 3.87. The van der Waals surface area contributed by atoms with Gasteiger partial charge < -0.3 is 9.47 Å². The summed E-state index contributed by atoms with van der Waals surface area (Å²) in [5.41, 5.74) is 2.65. The normalized spacial score (nSPS) is 9.20. The lowest BCUT2D eigenvalue weighted by atomic mass is 10.1. The van der Waals surface area contributed by atoms with Gasteiger partial charge in [-0.05, 0) is 32.0 Å². The minimum atomic E-state index is -0.284. The Bertz CT molecular complexity index is 567. The Morgan fingerprint density at radius 1 is 1.05 bits per heavy atom. The van der Waals surface area contributed by atoms with Crippen molar-refractivity contribution in [2.45, 2.75) is 13.8 Å². The van der Waals surface area contributed by atoms with Crippen molar-refractivity contribution in [3.8, 4) is 5.88 Å². The van der Waals surface area contributed by atoms with E-state index in [-0.39, 0.29) is 5.97 Å². The number of carbonyl (C=O) groups excluding carboxylic acids is 1. The lowest BCUT2D eigenvalue weighted by molar-refractivity contribution is 0.0600. The first-order chi connectivity index (χ1) is 9.56. The van der Waals surface area contributed by atoms with Gasteiger partial charge in [0.2, 0.25) is 5.88 Å². The van der Waals surface area contributed by atoms with Crippen molar-refractivity contribution >= 4 is 5.97 Å². The molecule has 1 aromatic heterocycles. The van der Waals surface area contributed by atoms with Crippen molar-refractivity contribution in [2.75, 3.05) is 14.2 Å². The Labute approximate surface area is 119 Å². The Balaban J connectivity index is 0.000000204. The molecule has 0 fully saturated rings. The number of nitrogens with zero attached hydrogens (tertiary/aromatic N) is 1. The van der Waals surface area contributed by atoms with Gasteiger partial charge in [0.1, 0.15) is 0 Å². The van der Waals surface area contributed by atoms with Crippen LogP contribution in [0.4, 0.5) is 0 Å². The molecular formula is C16H19NO3. The second-order valence-corrected chi connectivity index (χ2v) is 4.18. The molecular weight excluding hydrogens is 254 g/mol. The van der Waals surface area contributed by atoms with Gasteiger partial charge in [-0.3, -0.25) is 0 Å². The average Bonchev–Trinajstić information content (AvgIpc) is 2.47. The minimum Gasteiger partial charge on any atom is -0.481 e. The van der Waals surface area contributed by atoms with E-state index >= 15 is 0 Å². The van der Waals surface area contributed by atoms with E-state index in [0.29, 0.717) is 11.4 Å². The van der Waals surface area contributed by atoms with Crippen molar-refractivity contribution in [3.05, 3.63) is 59.3 Å². The number of methoxy groups -OCH3 is 2. The van der Waals surface area contributed by atoms with E-state index in [0.717, 1.165) is 11.3 Å². The second kappa shape index (κ2) is 7.94. The molecule has 106 valence electrons. The Hall–Kier alpha value is -2.36. The van der Waals surface area contributed by atoms with Crippen LogP contribution in [0, 0.1) is 13.8 Å². The number of benzene rings is 1. The first-order valence-electron chi connectivity index (χ1n) is 6.19. The standard InChI is InChI=1S/C9H10O2.C7H9NO/c1-7-4-3-5-8(6-7)9(10)11-2;1-6-4-3-5-7(8-6)9-2/h3-6H,1-2H3;3-5H,1-2H3. The number of pyridine rings is 1. The summed E-state index contributed by atoms with van der Waals surface area (Å²) >= 11 is 0. The molecule has 20 heavy (non-hydrogen) atoms. The minimum absolute atomic E-state index is 0.284. The third-order valence-electron chi connectivity index (χ3n) is 2.51. The van der Waals surface area contributed by atoms with Crippen LogP contribution in [-0.4, -0.2) is 25.2 Å². The van der Waals surface area contributed by atoms with E-state index < -0.39 is 0 Å².